The molecule has 0 unspecified atom stereocenters. The molecule has 1 aromatic carbocycles. The van der Waals surface area contributed by atoms with Crippen LogP contribution in [-0.2, 0) is 10.9 Å². The van der Waals surface area contributed by atoms with Crippen LogP contribution < -0.4 is 10.9 Å². The van der Waals surface area contributed by atoms with Gasteiger partial charge in [-0.25, -0.2) is 14.9 Å². The molecule has 1 fully saturated rings. The molecule has 0 aliphatic heterocycles. The smallest absolute Gasteiger partial charge is 0.426 e. The predicted octanol–water partition coefficient (Wildman–Crippen LogP) is 3.16. The summed E-state index contributed by atoms with van der Waals surface area (Å²) < 4.78 is 44.9. The molecule has 1 aliphatic carbocycles. The Morgan fingerprint density at radius 1 is 1.30 bits per heavy atom. The van der Waals surface area contributed by atoms with Gasteiger partial charge in [-0.2, -0.15) is 18.3 Å². The van der Waals surface area contributed by atoms with Crippen molar-refractivity contribution in [3.63, 3.8) is 0 Å². The highest BCUT2D eigenvalue weighted by Crippen LogP contribution is 2.42. The van der Waals surface area contributed by atoms with Gasteiger partial charge in [-0.3, -0.25) is 10.2 Å². The fourth-order valence-corrected chi connectivity index (χ4v) is 2.64. The quantitative estimate of drug-likeness (QED) is 0.796. The summed E-state index contributed by atoms with van der Waals surface area (Å²) in [5.74, 6) is -0.603. The van der Waals surface area contributed by atoms with Crippen LogP contribution in [0.25, 0.3) is 5.69 Å². The third-order valence-corrected chi connectivity index (χ3v) is 3.99. The van der Waals surface area contributed by atoms with Crippen LogP contribution >= 0.6 is 0 Å². The van der Waals surface area contributed by atoms with Crippen LogP contribution in [0.3, 0.4) is 0 Å². The molecule has 1 aromatic heterocycles. The minimum atomic E-state index is -4.48. The number of aromatic nitrogens is 2. The third-order valence-electron chi connectivity index (χ3n) is 3.99. The Bertz CT molecular complexity index is 859. The molecule has 27 heavy (non-hydrogen) atoms. The molecule has 1 aliphatic rings. The maximum atomic E-state index is 13.0. The zero-order valence-electron chi connectivity index (χ0n) is 14.3. The van der Waals surface area contributed by atoms with Crippen LogP contribution in [0.2, 0.25) is 0 Å². The maximum absolute atomic E-state index is 13.0. The normalized spacial score (nSPS) is 13.9. The average molecular weight is 382 g/mol. The van der Waals surface area contributed by atoms with Gasteiger partial charge in [0.2, 0.25) is 0 Å². The molecule has 144 valence electrons. The van der Waals surface area contributed by atoms with Crippen LogP contribution in [0.5, 0.6) is 0 Å². The minimum Gasteiger partial charge on any atom is -0.449 e. The number of alkyl halides is 3. The van der Waals surface area contributed by atoms with Crippen molar-refractivity contribution < 1.29 is 27.5 Å². The molecule has 0 radical (unpaired) electrons. The molecule has 0 atom stereocenters. The molecule has 0 saturated heterocycles. The highest BCUT2D eigenvalue weighted by Gasteiger charge is 2.34. The van der Waals surface area contributed by atoms with Crippen LogP contribution in [0.4, 0.5) is 18.0 Å². The van der Waals surface area contributed by atoms with Gasteiger partial charge in [0.15, 0.2) is 0 Å². The van der Waals surface area contributed by atoms with Gasteiger partial charge >= 0.3 is 12.3 Å². The topological polar surface area (TPSA) is 85.2 Å². The number of hydrogen-bond donors (Lipinski definition) is 2. The minimum absolute atomic E-state index is 0.0189. The molecule has 2 N–H and O–H groups in total. The van der Waals surface area contributed by atoms with E-state index in [0.29, 0.717) is 5.69 Å². The molecule has 1 saturated carbocycles. The van der Waals surface area contributed by atoms with E-state index in [9.17, 15) is 22.8 Å². The maximum Gasteiger partial charge on any atom is 0.426 e. The zero-order chi connectivity index (χ0) is 19.6. The van der Waals surface area contributed by atoms with E-state index < -0.39 is 23.7 Å². The highest BCUT2D eigenvalue weighted by atomic mass is 19.4. The lowest BCUT2D eigenvalue weighted by Gasteiger charge is -2.12. The Morgan fingerprint density at radius 3 is 2.67 bits per heavy atom. The van der Waals surface area contributed by atoms with Crippen molar-refractivity contribution in [2.24, 2.45) is 0 Å². The standard InChI is InChI=1S/C17H17F3N4O3/c1-2-27-16(26)23-22-15(25)13-9-21-24(14(13)10-6-7-10)12-5-3-4-11(8-12)17(18,19)20/h3-5,8-10H,2,6-7H2,1H3,(H,22,25)(H,23,26). The summed E-state index contributed by atoms with van der Waals surface area (Å²) in [5, 5.41) is 4.10. The van der Waals surface area contributed by atoms with E-state index in [-0.39, 0.29) is 23.8 Å². The Hall–Kier alpha value is -3.04. The Labute approximate surface area is 152 Å². The second-order valence-electron chi connectivity index (χ2n) is 5.98. The lowest BCUT2D eigenvalue weighted by atomic mass is 10.1. The number of halogens is 3. The monoisotopic (exact) mass is 382 g/mol. The van der Waals surface area contributed by atoms with E-state index in [1.54, 1.807) is 6.92 Å². The van der Waals surface area contributed by atoms with Gasteiger partial charge in [0.1, 0.15) is 0 Å². The molecule has 2 amide bonds. The molecular weight excluding hydrogens is 365 g/mol. The molecule has 1 heterocycles. The number of ether oxygens (including phenoxy) is 1. The Balaban J connectivity index is 1.89. The van der Waals surface area contributed by atoms with Crippen LogP contribution in [0, 0.1) is 0 Å². The van der Waals surface area contributed by atoms with E-state index in [4.69, 9.17) is 0 Å². The fraction of sp³-hybridized carbons (Fsp3) is 0.353. The molecule has 7 nitrogen and oxygen atoms in total. The van der Waals surface area contributed by atoms with Crippen molar-refractivity contribution in [2.45, 2.75) is 31.9 Å². The van der Waals surface area contributed by atoms with Crippen molar-refractivity contribution in [1.29, 1.82) is 0 Å². The van der Waals surface area contributed by atoms with Gasteiger partial charge in [0, 0.05) is 5.92 Å². The highest BCUT2D eigenvalue weighted by molar-refractivity contribution is 5.96. The molecule has 10 heteroatoms. The summed E-state index contributed by atoms with van der Waals surface area (Å²) >= 11 is 0. The van der Waals surface area contributed by atoms with E-state index in [2.05, 4.69) is 20.7 Å². The summed E-state index contributed by atoms with van der Waals surface area (Å²) in [5.41, 5.74) is 4.42. The lowest BCUT2D eigenvalue weighted by Crippen LogP contribution is -2.42. The van der Waals surface area contributed by atoms with Gasteiger partial charge in [0.25, 0.3) is 5.91 Å². The molecule has 0 spiro atoms. The largest absolute Gasteiger partial charge is 0.449 e. The first-order valence-corrected chi connectivity index (χ1v) is 8.30. The predicted molar refractivity (Wildman–Crippen MR) is 88.2 cm³/mol. The van der Waals surface area contributed by atoms with Crippen LogP contribution in [0.15, 0.2) is 30.5 Å². The number of carbonyl (C=O) groups is 2. The van der Waals surface area contributed by atoms with Gasteiger partial charge in [-0.1, -0.05) is 6.07 Å². The Kier molecular flexibility index (Phi) is 5.06. The van der Waals surface area contributed by atoms with Crippen molar-refractivity contribution in [3.8, 4) is 5.69 Å². The number of amides is 2. The molecule has 2 aromatic rings. The van der Waals surface area contributed by atoms with E-state index in [1.165, 1.54) is 23.0 Å². The SMILES string of the molecule is CCOC(=O)NNC(=O)c1cnn(-c2cccc(C(F)(F)F)c2)c1C1CC1. The van der Waals surface area contributed by atoms with E-state index in [1.807, 2.05) is 0 Å². The first-order valence-electron chi connectivity index (χ1n) is 8.30. The van der Waals surface area contributed by atoms with Crippen molar-refractivity contribution in [1.82, 2.24) is 20.6 Å². The molecular formula is C17H17F3N4O3. The number of benzene rings is 1. The summed E-state index contributed by atoms with van der Waals surface area (Å²) in [4.78, 5) is 23.7. The van der Waals surface area contributed by atoms with Gasteiger partial charge < -0.3 is 4.74 Å². The summed E-state index contributed by atoms with van der Waals surface area (Å²) in [6.45, 7) is 1.76. The van der Waals surface area contributed by atoms with E-state index in [0.717, 1.165) is 25.0 Å². The average Bonchev–Trinajstić information content (AvgIpc) is 3.37. The fourth-order valence-electron chi connectivity index (χ4n) is 2.64. The second-order valence-corrected chi connectivity index (χ2v) is 5.98. The summed E-state index contributed by atoms with van der Waals surface area (Å²) in [6.07, 6.45) is -2.42. The van der Waals surface area contributed by atoms with Crippen molar-refractivity contribution >= 4 is 12.0 Å². The number of rotatable bonds is 4. The lowest BCUT2D eigenvalue weighted by molar-refractivity contribution is -0.137. The Morgan fingerprint density at radius 2 is 2.04 bits per heavy atom. The third kappa shape index (κ3) is 4.21. The number of hydrogen-bond acceptors (Lipinski definition) is 4. The molecule has 3 rings (SSSR count). The summed E-state index contributed by atoms with van der Waals surface area (Å²) in [6, 6.07) is 4.74. The van der Waals surface area contributed by atoms with Crippen LogP contribution in [0.1, 0.15) is 47.3 Å². The van der Waals surface area contributed by atoms with Gasteiger partial charge in [-0.15, -0.1) is 0 Å². The first kappa shape index (κ1) is 18.7. The molecule has 0 bridgehead atoms. The second kappa shape index (κ2) is 7.29. The van der Waals surface area contributed by atoms with E-state index >= 15 is 0 Å². The number of nitrogens with one attached hydrogen (secondary N) is 2. The van der Waals surface area contributed by atoms with Crippen molar-refractivity contribution in [3.05, 3.63) is 47.3 Å². The van der Waals surface area contributed by atoms with Gasteiger partial charge in [0.05, 0.1) is 35.3 Å². The van der Waals surface area contributed by atoms with Crippen molar-refractivity contribution in [2.75, 3.05) is 6.61 Å². The number of carbonyl (C=O) groups excluding carboxylic acids is 2. The number of nitrogens with zero attached hydrogens (tertiary/aromatic N) is 2. The van der Waals surface area contributed by atoms with Crippen LogP contribution in [-0.4, -0.2) is 28.4 Å². The van der Waals surface area contributed by atoms with Gasteiger partial charge in [-0.05, 0) is 38.0 Å². The zero-order valence-corrected chi connectivity index (χ0v) is 14.3. The summed E-state index contributed by atoms with van der Waals surface area (Å²) in [7, 11) is 0. The number of hydrazine groups is 1. The first-order chi connectivity index (χ1) is 12.8.